The molecule has 0 fully saturated rings. The van der Waals surface area contributed by atoms with Crippen molar-refractivity contribution in [2.24, 2.45) is 0 Å². The van der Waals surface area contributed by atoms with E-state index in [4.69, 9.17) is 9.47 Å². The van der Waals surface area contributed by atoms with Crippen LogP contribution in [0.25, 0.3) is 0 Å². The van der Waals surface area contributed by atoms with Crippen molar-refractivity contribution in [3.05, 3.63) is 54.6 Å². The normalized spacial score (nSPS) is 11.8. The molecule has 1 aromatic heterocycles. The molecule has 0 aliphatic rings. The van der Waals surface area contributed by atoms with Gasteiger partial charge in [0.05, 0.1) is 19.5 Å². The van der Waals surface area contributed by atoms with Crippen molar-refractivity contribution in [3.8, 4) is 0 Å². The summed E-state index contributed by atoms with van der Waals surface area (Å²) in [5.41, 5.74) is 0.926. The minimum absolute atomic E-state index is 0.366. The van der Waals surface area contributed by atoms with E-state index in [0.29, 0.717) is 13.2 Å². The molecule has 5 nitrogen and oxygen atoms in total. The Bertz CT molecular complexity index is 511. The Morgan fingerprint density at radius 1 is 1.35 bits per heavy atom. The fourth-order valence-corrected chi connectivity index (χ4v) is 1.80. The third-order valence-corrected chi connectivity index (χ3v) is 2.77. The summed E-state index contributed by atoms with van der Waals surface area (Å²) in [5, 5.41) is 0. The van der Waals surface area contributed by atoms with Crippen LogP contribution >= 0.6 is 0 Å². The van der Waals surface area contributed by atoms with E-state index in [1.165, 1.54) is 0 Å². The van der Waals surface area contributed by atoms with Crippen LogP contribution in [0.5, 0.6) is 0 Å². The van der Waals surface area contributed by atoms with Gasteiger partial charge in [0.15, 0.2) is 0 Å². The van der Waals surface area contributed by atoms with Crippen LogP contribution in [-0.2, 0) is 16.0 Å². The van der Waals surface area contributed by atoms with Crippen LogP contribution in [-0.4, -0.2) is 22.3 Å². The Morgan fingerprint density at radius 3 is 2.80 bits per heavy atom. The number of hydrogen-bond acceptors (Lipinski definition) is 4. The van der Waals surface area contributed by atoms with Crippen molar-refractivity contribution in [3.63, 3.8) is 0 Å². The molecule has 0 spiro atoms. The van der Waals surface area contributed by atoms with Crippen molar-refractivity contribution in [2.45, 2.75) is 26.0 Å². The molecule has 0 saturated carbocycles. The van der Waals surface area contributed by atoms with Gasteiger partial charge in [-0.2, -0.15) is 0 Å². The summed E-state index contributed by atoms with van der Waals surface area (Å²) >= 11 is 0. The highest BCUT2D eigenvalue weighted by atomic mass is 16.7. The molecule has 1 aromatic carbocycles. The molecular weight excluding hydrogens is 256 g/mol. The molecule has 0 saturated heterocycles. The van der Waals surface area contributed by atoms with Crippen molar-refractivity contribution in [1.82, 2.24) is 9.55 Å². The van der Waals surface area contributed by atoms with Gasteiger partial charge < -0.3 is 14.0 Å². The van der Waals surface area contributed by atoms with E-state index in [1.54, 1.807) is 12.5 Å². The van der Waals surface area contributed by atoms with E-state index in [9.17, 15) is 4.79 Å². The van der Waals surface area contributed by atoms with Gasteiger partial charge in [0.25, 0.3) is 0 Å². The fourth-order valence-electron chi connectivity index (χ4n) is 1.80. The lowest BCUT2D eigenvalue weighted by molar-refractivity contribution is 0.0170. The molecule has 1 atom stereocenters. The summed E-state index contributed by atoms with van der Waals surface area (Å²) in [4.78, 5) is 15.6. The first-order chi connectivity index (χ1) is 9.79. The van der Waals surface area contributed by atoms with Gasteiger partial charge in [0.2, 0.25) is 0 Å². The SMILES string of the molecule is CCCOC(=O)OC(Cn1ccnc1)c1ccccc1. The van der Waals surface area contributed by atoms with Gasteiger partial charge in [-0.3, -0.25) is 0 Å². The predicted molar refractivity (Wildman–Crippen MR) is 74.1 cm³/mol. The van der Waals surface area contributed by atoms with Gasteiger partial charge in [-0.25, -0.2) is 9.78 Å². The highest BCUT2D eigenvalue weighted by Crippen LogP contribution is 2.20. The van der Waals surface area contributed by atoms with Crippen molar-refractivity contribution >= 4 is 6.16 Å². The number of aromatic nitrogens is 2. The molecule has 0 amide bonds. The Labute approximate surface area is 118 Å². The van der Waals surface area contributed by atoms with E-state index in [1.807, 2.05) is 48.0 Å². The van der Waals surface area contributed by atoms with Gasteiger partial charge in [-0.1, -0.05) is 37.3 Å². The summed E-state index contributed by atoms with van der Waals surface area (Å²) in [6.07, 6.45) is 4.95. The molecule has 0 N–H and O–H groups in total. The maximum absolute atomic E-state index is 11.6. The molecular formula is C15H18N2O3. The van der Waals surface area contributed by atoms with Gasteiger partial charge in [-0.05, 0) is 12.0 Å². The first kappa shape index (κ1) is 14.1. The monoisotopic (exact) mass is 274 g/mol. The summed E-state index contributed by atoms with van der Waals surface area (Å²) in [6.45, 7) is 2.81. The molecule has 2 rings (SSSR count). The molecule has 0 bridgehead atoms. The lowest BCUT2D eigenvalue weighted by Gasteiger charge is -2.18. The first-order valence-corrected chi connectivity index (χ1v) is 6.63. The highest BCUT2D eigenvalue weighted by molar-refractivity contribution is 5.60. The van der Waals surface area contributed by atoms with Gasteiger partial charge in [0, 0.05) is 12.4 Å². The van der Waals surface area contributed by atoms with Crippen LogP contribution in [0.15, 0.2) is 49.1 Å². The second kappa shape index (κ2) is 7.33. The van der Waals surface area contributed by atoms with Crippen LogP contribution in [0.1, 0.15) is 25.0 Å². The zero-order valence-corrected chi connectivity index (χ0v) is 11.4. The number of ether oxygens (including phenoxy) is 2. The van der Waals surface area contributed by atoms with Crippen LogP contribution in [0.3, 0.4) is 0 Å². The van der Waals surface area contributed by atoms with E-state index in [-0.39, 0.29) is 0 Å². The number of imidazole rings is 1. The number of rotatable bonds is 6. The molecule has 5 heteroatoms. The van der Waals surface area contributed by atoms with Gasteiger partial charge >= 0.3 is 6.16 Å². The lowest BCUT2D eigenvalue weighted by atomic mass is 10.1. The fraction of sp³-hybridized carbons (Fsp3) is 0.333. The Balaban J connectivity index is 2.06. The third kappa shape index (κ3) is 4.12. The molecule has 106 valence electrons. The summed E-state index contributed by atoms with van der Waals surface area (Å²) in [6, 6.07) is 9.60. The Kier molecular flexibility index (Phi) is 5.17. The molecule has 1 heterocycles. The summed E-state index contributed by atoms with van der Waals surface area (Å²) < 4.78 is 12.2. The standard InChI is InChI=1S/C15H18N2O3/c1-2-10-19-15(18)20-14(11-17-9-8-16-12-17)13-6-4-3-5-7-13/h3-9,12,14H,2,10-11H2,1H3. The predicted octanol–water partition coefficient (Wildman–Crippen LogP) is 3.19. The van der Waals surface area contributed by atoms with Gasteiger partial charge in [-0.15, -0.1) is 0 Å². The summed E-state index contributed by atoms with van der Waals surface area (Å²) in [7, 11) is 0. The zero-order valence-electron chi connectivity index (χ0n) is 11.4. The Hall–Kier alpha value is -2.30. The number of hydrogen-bond donors (Lipinski definition) is 0. The van der Waals surface area contributed by atoms with Crippen molar-refractivity contribution in [2.75, 3.05) is 6.61 Å². The largest absolute Gasteiger partial charge is 0.508 e. The quantitative estimate of drug-likeness (QED) is 0.759. The molecule has 1 unspecified atom stereocenters. The van der Waals surface area contributed by atoms with Crippen LogP contribution in [0, 0.1) is 0 Å². The molecule has 0 aliphatic heterocycles. The van der Waals surface area contributed by atoms with Crippen LogP contribution < -0.4 is 0 Å². The number of carbonyl (C=O) groups is 1. The van der Waals surface area contributed by atoms with Crippen molar-refractivity contribution < 1.29 is 14.3 Å². The van der Waals surface area contributed by atoms with Crippen LogP contribution in [0.2, 0.25) is 0 Å². The average Bonchev–Trinajstić information content (AvgIpc) is 2.98. The summed E-state index contributed by atoms with van der Waals surface area (Å²) in [5.74, 6) is 0. The van der Waals surface area contributed by atoms with E-state index in [0.717, 1.165) is 12.0 Å². The highest BCUT2D eigenvalue weighted by Gasteiger charge is 2.18. The van der Waals surface area contributed by atoms with E-state index < -0.39 is 12.3 Å². The second-order valence-corrected chi connectivity index (χ2v) is 4.38. The maximum atomic E-state index is 11.6. The second-order valence-electron chi connectivity index (χ2n) is 4.38. The molecule has 20 heavy (non-hydrogen) atoms. The zero-order chi connectivity index (χ0) is 14.2. The number of nitrogens with zero attached hydrogens (tertiary/aromatic N) is 2. The molecule has 0 aliphatic carbocycles. The maximum Gasteiger partial charge on any atom is 0.508 e. The molecule has 0 radical (unpaired) electrons. The first-order valence-electron chi connectivity index (χ1n) is 6.63. The van der Waals surface area contributed by atoms with Gasteiger partial charge in [0.1, 0.15) is 6.10 Å². The van der Waals surface area contributed by atoms with E-state index in [2.05, 4.69) is 4.98 Å². The number of benzene rings is 1. The smallest absolute Gasteiger partial charge is 0.434 e. The topological polar surface area (TPSA) is 53.4 Å². The molecule has 2 aromatic rings. The third-order valence-electron chi connectivity index (χ3n) is 2.77. The number of carbonyl (C=O) groups excluding carboxylic acids is 1. The van der Waals surface area contributed by atoms with Crippen molar-refractivity contribution in [1.29, 1.82) is 0 Å². The Morgan fingerprint density at radius 2 is 2.15 bits per heavy atom. The van der Waals surface area contributed by atoms with Crippen LogP contribution in [0.4, 0.5) is 4.79 Å². The lowest BCUT2D eigenvalue weighted by Crippen LogP contribution is -2.17. The van der Waals surface area contributed by atoms with E-state index >= 15 is 0 Å². The minimum Gasteiger partial charge on any atom is -0.434 e. The minimum atomic E-state index is -0.638. The average molecular weight is 274 g/mol.